The Morgan fingerprint density at radius 3 is 2.48 bits per heavy atom. The monoisotopic (exact) mass is 312 g/mol. The zero-order chi connectivity index (χ0) is 16.0. The van der Waals surface area contributed by atoms with Gasteiger partial charge in [0.2, 0.25) is 0 Å². The third-order valence-corrected chi connectivity index (χ3v) is 3.96. The lowest BCUT2D eigenvalue weighted by atomic mass is 9.87. The predicted molar refractivity (Wildman–Crippen MR) is 81.9 cm³/mol. The molecule has 1 heterocycles. The van der Waals surface area contributed by atoms with Gasteiger partial charge in [0.05, 0.1) is 18.6 Å². The van der Waals surface area contributed by atoms with Gasteiger partial charge in [-0.15, -0.1) is 12.0 Å². The summed E-state index contributed by atoms with van der Waals surface area (Å²) in [4.78, 5) is 0. The SMILES string of the molecule is C#C[C@H]1[C@H](O)[C@@H](OCOC)[C@H](C#C[Si](C)(C)C)O[C@@H]1CO. The summed E-state index contributed by atoms with van der Waals surface area (Å²) >= 11 is 0. The smallest absolute Gasteiger partial charge is 0.147 e. The van der Waals surface area contributed by atoms with E-state index in [0.717, 1.165) is 0 Å². The first-order valence-electron chi connectivity index (χ1n) is 6.87. The topological polar surface area (TPSA) is 68.2 Å². The molecule has 0 bridgehead atoms. The summed E-state index contributed by atoms with van der Waals surface area (Å²) in [5, 5.41) is 19.8. The average molecular weight is 312 g/mol. The molecule has 1 aliphatic rings. The second kappa shape index (κ2) is 7.95. The van der Waals surface area contributed by atoms with Gasteiger partial charge in [-0.1, -0.05) is 31.5 Å². The van der Waals surface area contributed by atoms with E-state index >= 15 is 0 Å². The molecule has 1 saturated heterocycles. The summed E-state index contributed by atoms with van der Waals surface area (Å²) in [5.74, 6) is 4.85. The molecule has 0 radical (unpaired) electrons. The van der Waals surface area contributed by atoms with Crippen LogP contribution in [0.5, 0.6) is 0 Å². The summed E-state index contributed by atoms with van der Waals surface area (Å²) in [6, 6.07) is 0. The molecule has 6 heteroatoms. The van der Waals surface area contributed by atoms with Crippen molar-refractivity contribution in [2.24, 2.45) is 5.92 Å². The van der Waals surface area contributed by atoms with E-state index < -0.39 is 38.4 Å². The van der Waals surface area contributed by atoms with Crippen molar-refractivity contribution in [2.45, 2.75) is 44.1 Å². The fourth-order valence-corrected chi connectivity index (χ4v) is 2.63. The van der Waals surface area contributed by atoms with Crippen LogP contribution in [0.1, 0.15) is 0 Å². The molecule has 0 aromatic heterocycles. The highest BCUT2D eigenvalue weighted by atomic mass is 28.3. The second-order valence-corrected chi connectivity index (χ2v) is 10.8. The van der Waals surface area contributed by atoms with Crippen molar-refractivity contribution in [1.29, 1.82) is 0 Å². The van der Waals surface area contributed by atoms with Crippen molar-refractivity contribution in [3.05, 3.63) is 0 Å². The van der Waals surface area contributed by atoms with Crippen LogP contribution in [0.2, 0.25) is 19.6 Å². The highest BCUT2D eigenvalue weighted by molar-refractivity contribution is 6.83. The van der Waals surface area contributed by atoms with Gasteiger partial charge in [0.25, 0.3) is 0 Å². The second-order valence-electron chi connectivity index (χ2n) is 6.02. The highest BCUT2D eigenvalue weighted by Gasteiger charge is 2.44. The molecule has 1 fully saturated rings. The number of ether oxygens (including phenoxy) is 3. The Labute approximate surface area is 127 Å². The summed E-state index contributed by atoms with van der Waals surface area (Å²) < 4.78 is 16.1. The lowest BCUT2D eigenvalue weighted by Crippen LogP contribution is -2.55. The van der Waals surface area contributed by atoms with Crippen molar-refractivity contribution in [1.82, 2.24) is 0 Å². The van der Waals surface area contributed by atoms with E-state index in [-0.39, 0.29) is 13.4 Å². The van der Waals surface area contributed by atoms with Gasteiger partial charge < -0.3 is 24.4 Å². The fourth-order valence-electron chi connectivity index (χ4n) is 2.05. The summed E-state index contributed by atoms with van der Waals surface area (Å²) in [6.45, 7) is 6.07. The molecule has 0 amide bonds. The van der Waals surface area contributed by atoms with Gasteiger partial charge in [0.15, 0.2) is 0 Å². The van der Waals surface area contributed by atoms with Crippen LogP contribution in [0.4, 0.5) is 0 Å². The van der Waals surface area contributed by atoms with Crippen molar-refractivity contribution in [3.63, 3.8) is 0 Å². The minimum Gasteiger partial charge on any atom is -0.394 e. The van der Waals surface area contributed by atoms with Crippen molar-refractivity contribution in [3.8, 4) is 23.8 Å². The largest absolute Gasteiger partial charge is 0.394 e. The minimum atomic E-state index is -1.59. The predicted octanol–water partition coefficient (Wildman–Crippen LogP) is 0.226. The Morgan fingerprint density at radius 2 is 2.00 bits per heavy atom. The van der Waals surface area contributed by atoms with E-state index in [1.807, 2.05) is 0 Å². The van der Waals surface area contributed by atoms with Gasteiger partial charge in [-0.25, -0.2) is 0 Å². The third-order valence-electron chi connectivity index (χ3n) is 3.07. The highest BCUT2D eigenvalue weighted by Crippen LogP contribution is 2.27. The normalized spacial score (nSPS) is 32.9. The van der Waals surface area contributed by atoms with Crippen LogP contribution < -0.4 is 0 Å². The zero-order valence-electron chi connectivity index (χ0n) is 13.0. The minimum absolute atomic E-state index is 0.0112. The number of terminal acetylenes is 1. The Morgan fingerprint density at radius 1 is 1.33 bits per heavy atom. The molecule has 0 aliphatic carbocycles. The fraction of sp³-hybridized carbons (Fsp3) is 0.733. The third kappa shape index (κ3) is 5.12. The molecule has 0 saturated carbocycles. The molecule has 0 unspecified atom stereocenters. The van der Waals surface area contributed by atoms with Gasteiger partial charge in [0.1, 0.15) is 33.2 Å². The van der Waals surface area contributed by atoms with Crippen molar-refractivity contribution < 1.29 is 24.4 Å². The molecule has 0 aromatic rings. The molecule has 5 nitrogen and oxygen atoms in total. The maximum absolute atomic E-state index is 10.4. The number of aliphatic hydroxyl groups is 2. The number of hydrogen-bond donors (Lipinski definition) is 2. The molecular formula is C15H24O5Si. The molecular weight excluding hydrogens is 288 g/mol. The summed E-state index contributed by atoms with van der Waals surface area (Å²) in [6.07, 6.45) is 2.48. The Kier molecular flexibility index (Phi) is 6.89. The maximum Gasteiger partial charge on any atom is 0.147 e. The first-order valence-corrected chi connectivity index (χ1v) is 10.4. The van der Waals surface area contributed by atoms with E-state index in [1.165, 1.54) is 7.11 Å². The van der Waals surface area contributed by atoms with Gasteiger partial charge >= 0.3 is 0 Å². The molecule has 2 N–H and O–H groups in total. The standard InChI is InChI=1S/C15H24O5Si/c1-6-11-13(9-16)20-12(7-8-21(3,4)5)15(14(11)17)19-10-18-2/h1,11-17H,9-10H2,2-5H3/t11-,12+,13-,14+,15+/m1/s1. The zero-order valence-corrected chi connectivity index (χ0v) is 14.0. The number of rotatable bonds is 4. The molecule has 1 rings (SSSR count). The Balaban J connectivity index is 2.99. The quantitative estimate of drug-likeness (QED) is 0.442. The van der Waals surface area contributed by atoms with Crippen LogP contribution in [0.25, 0.3) is 0 Å². The van der Waals surface area contributed by atoms with Gasteiger partial charge in [-0.2, -0.15) is 0 Å². The summed E-state index contributed by atoms with van der Waals surface area (Å²) in [7, 11) is -0.0999. The molecule has 118 valence electrons. The molecule has 0 spiro atoms. The Hall–Kier alpha value is -0.863. The van der Waals surface area contributed by atoms with Crippen LogP contribution in [-0.4, -0.2) is 63.2 Å². The lowest BCUT2D eigenvalue weighted by Gasteiger charge is -2.40. The Bertz CT molecular complexity index is 428. The number of hydrogen-bond acceptors (Lipinski definition) is 5. The van der Waals surface area contributed by atoms with E-state index in [1.54, 1.807) is 0 Å². The number of aliphatic hydroxyl groups excluding tert-OH is 2. The van der Waals surface area contributed by atoms with Gasteiger partial charge in [-0.3, -0.25) is 0 Å². The maximum atomic E-state index is 10.4. The molecule has 1 aliphatic heterocycles. The molecule has 21 heavy (non-hydrogen) atoms. The van der Waals surface area contributed by atoms with Crippen molar-refractivity contribution >= 4 is 8.07 Å². The van der Waals surface area contributed by atoms with Crippen LogP contribution in [-0.2, 0) is 14.2 Å². The van der Waals surface area contributed by atoms with E-state index in [4.69, 9.17) is 20.6 Å². The molecule has 0 aromatic carbocycles. The van der Waals surface area contributed by atoms with Crippen LogP contribution in [0.3, 0.4) is 0 Å². The van der Waals surface area contributed by atoms with Crippen LogP contribution in [0, 0.1) is 29.7 Å². The van der Waals surface area contributed by atoms with Crippen molar-refractivity contribution in [2.75, 3.05) is 20.5 Å². The number of methoxy groups -OCH3 is 1. The van der Waals surface area contributed by atoms with Gasteiger partial charge in [-0.05, 0) is 0 Å². The van der Waals surface area contributed by atoms with E-state index in [2.05, 4.69) is 37.0 Å². The first kappa shape index (κ1) is 18.2. The summed E-state index contributed by atoms with van der Waals surface area (Å²) in [5.41, 5.74) is 3.19. The first-order chi connectivity index (χ1) is 9.84. The van der Waals surface area contributed by atoms with Crippen LogP contribution in [0.15, 0.2) is 0 Å². The van der Waals surface area contributed by atoms with E-state index in [9.17, 15) is 10.2 Å². The lowest BCUT2D eigenvalue weighted by molar-refractivity contribution is -0.216. The molecule has 5 atom stereocenters. The van der Waals surface area contributed by atoms with Gasteiger partial charge in [0, 0.05) is 7.11 Å². The van der Waals surface area contributed by atoms with E-state index in [0.29, 0.717) is 0 Å². The average Bonchev–Trinajstić information content (AvgIpc) is 2.42. The van der Waals surface area contributed by atoms with Crippen LogP contribution >= 0.6 is 0 Å².